The number of carbonyl (C=O) groups is 1. The average Bonchev–Trinajstić information content (AvgIpc) is 2.27. The summed E-state index contributed by atoms with van der Waals surface area (Å²) in [5.74, 6) is 0.302. The zero-order valence-corrected chi connectivity index (χ0v) is 13.5. The number of hydrogen-bond acceptors (Lipinski definition) is 4. The molecule has 0 aromatic heterocycles. The van der Waals surface area contributed by atoms with Gasteiger partial charge in [-0.2, -0.15) is 12.6 Å². The molecule has 4 heteroatoms. The van der Waals surface area contributed by atoms with E-state index in [2.05, 4.69) is 31.4 Å². The molecule has 2 aliphatic rings. The van der Waals surface area contributed by atoms with Crippen molar-refractivity contribution in [3.8, 4) is 0 Å². The van der Waals surface area contributed by atoms with Crippen molar-refractivity contribution in [2.45, 2.75) is 70.0 Å². The van der Waals surface area contributed by atoms with E-state index in [4.69, 9.17) is 4.74 Å². The molecule has 0 aromatic carbocycles. The highest BCUT2D eigenvalue weighted by molar-refractivity contribution is 7.81. The van der Waals surface area contributed by atoms with Crippen LogP contribution in [0, 0.1) is 5.92 Å². The second-order valence-corrected chi connectivity index (χ2v) is 7.36. The molecule has 3 atom stereocenters. The maximum atomic E-state index is 12.4. The molecule has 0 amide bonds. The van der Waals surface area contributed by atoms with Gasteiger partial charge in [-0.15, -0.1) is 0 Å². The summed E-state index contributed by atoms with van der Waals surface area (Å²) in [5, 5.41) is 0.0793. The van der Waals surface area contributed by atoms with Gasteiger partial charge in [0, 0.05) is 30.8 Å². The van der Waals surface area contributed by atoms with Crippen LogP contribution in [-0.2, 0) is 9.53 Å². The largest absolute Gasteiger partial charge is 0.371 e. The first-order valence-electron chi connectivity index (χ1n) is 7.47. The smallest absolute Gasteiger partial charge is 0.142 e. The van der Waals surface area contributed by atoms with Crippen molar-refractivity contribution in [2.24, 2.45) is 5.92 Å². The Balaban J connectivity index is 2.02. The lowest BCUT2D eigenvalue weighted by Crippen LogP contribution is -2.56. The van der Waals surface area contributed by atoms with Gasteiger partial charge < -0.3 is 9.64 Å². The quantitative estimate of drug-likeness (QED) is 0.791. The highest BCUT2D eigenvalue weighted by Gasteiger charge is 2.47. The van der Waals surface area contributed by atoms with Crippen LogP contribution in [-0.4, -0.2) is 46.8 Å². The van der Waals surface area contributed by atoms with E-state index < -0.39 is 0 Å². The van der Waals surface area contributed by atoms with Crippen LogP contribution < -0.4 is 0 Å². The number of ketones is 1. The van der Waals surface area contributed by atoms with Gasteiger partial charge in [-0.25, -0.2) is 0 Å². The summed E-state index contributed by atoms with van der Waals surface area (Å²) in [5.41, 5.74) is -0.193. The summed E-state index contributed by atoms with van der Waals surface area (Å²) in [6, 6.07) is 0.583. The Morgan fingerprint density at radius 3 is 2.32 bits per heavy atom. The molecule has 0 saturated carbocycles. The average molecular weight is 285 g/mol. The van der Waals surface area contributed by atoms with Crippen molar-refractivity contribution >= 4 is 18.4 Å². The van der Waals surface area contributed by atoms with E-state index in [9.17, 15) is 4.79 Å². The van der Waals surface area contributed by atoms with Gasteiger partial charge in [-0.05, 0) is 33.6 Å². The summed E-state index contributed by atoms with van der Waals surface area (Å²) in [4.78, 5) is 14.9. The molecule has 2 heterocycles. The van der Waals surface area contributed by atoms with Gasteiger partial charge in [0.15, 0.2) is 0 Å². The van der Waals surface area contributed by atoms with E-state index in [0.717, 1.165) is 25.9 Å². The molecule has 0 aromatic rings. The van der Waals surface area contributed by atoms with Crippen LogP contribution in [0.3, 0.4) is 0 Å². The molecule has 3 nitrogen and oxygen atoms in total. The highest BCUT2D eigenvalue weighted by Crippen LogP contribution is 2.39. The first-order chi connectivity index (χ1) is 8.84. The Hall–Kier alpha value is -0.0600. The number of hydrogen-bond donors (Lipinski definition) is 1. The Kier molecular flexibility index (Phi) is 4.63. The van der Waals surface area contributed by atoms with E-state index in [1.807, 2.05) is 13.8 Å². The minimum Gasteiger partial charge on any atom is -0.371 e. The number of carbonyl (C=O) groups excluding carboxylic acids is 1. The second-order valence-electron chi connectivity index (χ2n) is 6.55. The Bertz CT molecular complexity index is 335. The van der Waals surface area contributed by atoms with E-state index >= 15 is 0 Å². The topological polar surface area (TPSA) is 29.5 Å². The monoisotopic (exact) mass is 285 g/mol. The summed E-state index contributed by atoms with van der Waals surface area (Å²) >= 11 is 4.44. The number of Topliss-reactive ketones (excluding diaryl/α,β-unsaturated/α-hetero) is 1. The van der Waals surface area contributed by atoms with Crippen molar-refractivity contribution in [1.82, 2.24) is 4.90 Å². The van der Waals surface area contributed by atoms with Crippen molar-refractivity contribution in [2.75, 3.05) is 13.1 Å². The van der Waals surface area contributed by atoms with Gasteiger partial charge in [0.2, 0.25) is 0 Å². The van der Waals surface area contributed by atoms with Gasteiger partial charge in [0.1, 0.15) is 5.78 Å². The molecular formula is C15H27NO2S. The SMILES string of the molecule is CC(S)C1C(=O)CC2(CCN(C(C)C)CC2)OC1C. The summed E-state index contributed by atoms with van der Waals surface area (Å²) in [6.07, 6.45) is 2.54. The van der Waals surface area contributed by atoms with E-state index in [1.54, 1.807) is 0 Å². The molecule has 0 bridgehead atoms. The molecule has 2 saturated heterocycles. The van der Waals surface area contributed by atoms with Crippen molar-refractivity contribution in [3.63, 3.8) is 0 Å². The fourth-order valence-electron chi connectivity index (χ4n) is 3.61. The predicted molar refractivity (Wildman–Crippen MR) is 80.8 cm³/mol. The van der Waals surface area contributed by atoms with Gasteiger partial charge in [-0.3, -0.25) is 4.79 Å². The minimum absolute atomic E-state index is 0.000602. The van der Waals surface area contributed by atoms with Gasteiger partial charge in [0.05, 0.1) is 17.6 Å². The van der Waals surface area contributed by atoms with Crippen LogP contribution in [0.2, 0.25) is 0 Å². The summed E-state index contributed by atoms with van der Waals surface area (Å²) in [7, 11) is 0. The zero-order chi connectivity index (χ0) is 14.2. The van der Waals surface area contributed by atoms with Crippen LogP contribution >= 0.6 is 12.6 Å². The number of thiol groups is 1. The molecule has 19 heavy (non-hydrogen) atoms. The van der Waals surface area contributed by atoms with Gasteiger partial charge in [-0.1, -0.05) is 6.92 Å². The normalized spacial score (nSPS) is 33.9. The first kappa shape index (κ1) is 15.3. The van der Waals surface area contributed by atoms with Crippen molar-refractivity contribution in [1.29, 1.82) is 0 Å². The lowest BCUT2D eigenvalue weighted by Gasteiger charge is -2.48. The molecule has 0 radical (unpaired) electrons. The fraction of sp³-hybridized carbons (Fsp3) is 0.933. The van der Waals surface area contributed by atoms with Crippen LogP contribution in [0.15, 0.2) is 0 Å². The summed E-state index contributed by atoms with van der Waals surface area (Å²) in [6.45, 7) is 10.6. The highest BCUT2D eigenvalue weighted by atomic mass is 32.1. The van der Waals surface area contributed by atoms with Crippen molar-refractivity contribution < 1.29 is 9.53 Å². The van der Waals surface area contributed by atoms with E-state index in [1.165, 1.54) is 0 Å². The molecule has 1 spiro atoms. The first-order valence-corrected chi connectivity index (χ1v) is 7.99. The molecular weight excluding hydrogens is 258 g/mol. The van der Waals surface area contributed by atoms with E-state index in [-0.39, 0.29) is 22.9 Å². The second kappa shape index (κ2) is 5.74. The van der Waals surface area contributed by atoms with Gasteiger partial charge >= 0.3 is 0 Å². The van der Waals surface area contributed by atoms with Crippen LogP contribution in [0.1, 0.15) is 47.0 Å². The van der Waals surface area contributed by atoms with Crippen LogP contribution in [0.25, 0.3) is 0 Å². The van der Waals surface area contributed by atoms with Crippen LogP contribution in [0.5, 0.6) is 0 Å². The Labute approximate surface area is 122 Å². The minimum atomic E-state index is -0.193. The van der Waals surface area contributed by atoms with Crippen molar-refractivity contribution in [3.05, 3.63) is 0 Å². The lowest BCUT2D eigenvalue weighted by molar-refractivity contribution is -0.178. The Morgan fingerprint density at radius 2 is 1.89 bits per heavy atom. The maximum Gasteiger partial charge on any atom is 0.142 e. The molecule has 2 rings (SSSR count). The molecule has 2 fully saturated rings. The number of rotatable bonds is 2. The zero-order valence-electron chi connectivity index (χ0n) is 12.6. The molecule has 3 unspecified atom stereocenters. The third-order valence-electron chi connectivity index (χ3n) is 4.77. The number of nitrogens with zero attached hydrogens (tertiary/aromatic N) is 1. The summed E-state index contributed by atoms with van der Waals surface area (Å²) < 4.78 is 6.29. The molecule has 2 aliphatic heterocycles. The van der Waals surface area contributed by atoms with Gasteiger partial charge in [0.25, 0.3) is 0 Å². The molecule has 0 aliphatic carbocycles. The third kappa shape index (κ3) is 3.17. The number of piperidine rings is 1. The standard InChI is InChI=1S/C15H27NO2S/c1-10(2)16-7-5-15(6-8-16)9-13(17)14(12(4)19)11(3)18-15/h10-12,14,19H,5-9H2,1-4H3. The van der Waals surface area contributed by atoms with Crippen LogP contribution in [0.4, 0.5) is 0 Å². The third-order valence-corrected chi connectivity index (χ3v) is 5.09. The maximum absolute atomic E-state index is 12.4. The van der Waals surface area contributed by atoms with E-state index in [0.29, 0.717) is 18.2 Å². The molecule has 0 N–H and O–H groups in total. The molecule has 110 valence electrons. The predicted octanol–water partition coefficient (Wildman–Crippen LogP) is 2.54. The fourth-order valence-corrected chi connectivity index (χ4v) is 4.02. The Morgan fingerprint density at radius 1 is 1.32 bits per heavy atom. The number of ether oxygens (including phenoxy) is 1. The lowest BCUT2D eigenvalue weighted by atomic mass is 9.77. The number of likely N-dealkylation sites (tertiary alicyclic amines) is 1.